The minimum Gasteiger partial charge on any atom is -0.467 e. The number of rotatable bonds is 6. The zero-order valence-corrected chi connectivity index (χ0v) is 9.56. The molecule has 16 heavy (non-hydrogen) atoms. The maximum Gasteiger partial charge on any atom is 0.341 e. The molecule has 0 fully saturated rings. The predicted octanol–water partition coefficient (Wildman–Crippen LogP) is 2.24. The molecule has 0 heterocycles. The van der Waals surface area contributed by atoms with Gasteiger partial charge in [0.2, 0.25) is 0 Å². The molecule has 88 valence electrons. The van der Waals surface area contributed by atoms with Gasteiger partial charge in [-0.3, -0.25) is 0 Å². The molecule has 0 aromatic heterocycles. The quantitative estimate of drug-likeness (QED) is 0.422. The fourth-order valence-corrected chi connectivity index (χ4v) is 1.18. The first-order valence-corrected chi connectivity index (χ1v) is 5.17. The number of ether oxygens (including phenoxy) is 3. The number of benzene rings is 1. The van der Waals surface area contributed by atoms with E-state index < -0.39 is 5.97 Å². The fraction of sp³-hybridized carbons (Fsp3) is 0.417. The van der Waals surface area contributed by atoms with Crippen molar-refractivity contribution in [1.82, 2.24) is 0 Å². The van der Waals surface area contributed by atoms with Gasteiger partial charge in [-0.15, -0.1) is 0 Å². The average Bonchev–Trinajstić information content (AvgIpc) is 2.34. The van der Waals surface area contributed by atoms with Crippen molar-refractivity contribution in [3.8, 4) is 5.75 Å². The third-order valence-corrected chi connectivity index (χ3v) is 1.94. The van der Waals surface area contributed by atoms with Crippen molar-refractivity contribution in [3.05, 3.63) is 29.8 Å². The summed E-state index contributed by atoms with van der Waals surface area (Å²) in [6, 6.07) is 6.91. The second kappa shape index (κ2) is 6.85. The summed E-state index contributed by atoms with van der Waals surface area (Å²) >= 11 is 0. The topological polar surface area (TPSA) is 44.8 Å². The van der Waals surface area contributed by atoms with Crippen molar-refractivity contribution in [2.75, 3.05) is 20.5 Å². The average molecular weight is 224 g/mol. The molecule has 0 aliphatic carbocycles. The van der Waals surface area contributed by atoms with Gasteiger partial charge >= 0.3 is 5.97 Å². The van der Waals surface area contributed by atoms with Crippen molar-refractivity contribution < 1.29 is 19.0 Å². The molecule has 0 bridgehead atoms. The lowest BCUT2D eigenvalue weighted by Crippen LogP contribution is -2.08. The van der Waals surface area contributed by atoms with Crippen molar-refractivity contribution in [1.29, 1.82) is 0 Å². The van der Waals surface area contributed by atoms with E-state index in [0.717, 1.165) is 6.42 Å². The van der Waals surface area contributed by atoms with Gasteiger partial charge in [0.15, 0.2) is 6.79 Å². The van der Waals surface area contributed by atoms with E-state index in [4.69, 9.17) is 9.47 Å². The maximum absolute atomic E-state index is 11.4. The molecular formula is C12H16O4. The Kier molecular flexibility index (Phi) is 5.36. The van der Waals surface area contributed by atoms with Gasteiger partial charge in [0.1, 0.15) is 11.3 Å². The van der Waals surface area contributed by atoms with E-state index >= 15 is 0 Å². The van der Waals surface area contributed by atoms with E-state index in [1.54, 1.807) is 24.3 Å². The first-order chi connectivity index (χ1) is 7.79. The lowest BCUT2D eigenvalue weighted by atomic mass is 10.2. The summed E-state index contributed by atoms with van der Waals surface area (Å²) in [7, 11) is 1.34. The monoisotopic (exact) mass is 224 g/mol. The third-order valence-electron chi connectivity index (χ3n) is 1.94. The summed E-state index contributed by atoms with van der Waals surface area (Å²) in [6.45, 7) is 2.80. The molecular weight excluding hydrogens is 208 g/mol. The minimum atomic E-state index is -0.411. The van der Waals surface area contributed by atoms with Crippen LogP contribution < -0.4 is 4.74 Å². The van der Waals surface area contributed by atoms with E-state index in [2.05, 4.69) is 4.74 Å². The van der Waals surface area contributed by atoms with Crippen LogP contribution in [0, 0.1) is 0 Å². The Morgan fingerprint density at radius 2 is 2.06 bits per heavy atom. The summed E-state index contributed by atoms with van der Waals surface area (Å²) in [5.74, 6) is 0.0662. The van der Waals surface area contributed by atoms with E-state index in [9.17, 15) is 4.79 Å². The predicted molar refractivity (Wildman–Crippen MR) is 59.5 cm³/mol. The molecule has 0 saturated carbocycles. The van der Waals surface area contributed by atoms with Crippen molar-refractivity contribution >= 4 is 5.97 Å². The highest BCUT2D eigenvalue weighted by Crippen LogP contribution is 2.18. The summed E-state index contributed by atoms with van der Waals surface area (Å²) in [6.07, 6.45) is 0.933. The van der Waals surface area contributed by atoms with Gasteiger partial charge in [0.05, 0.1) is 13.7 Å². The largest absolute Gasteiger partial charge is 0.467 e. The van der Waals surface area contributed by atoms with Gasteiger partial charge in [0.25, 0.3) is 0 Å². The molecule has 1 rings (SSSR count). The summed E-state index contributed by atoms with van der Waals surface area (Å²) < 4.78 is 15.2. The summed E-state index contributed by atoms with van der Waals surface area (Å²) in [5, 5.41) is 0. The zero-order chi connectivity index (χ0) is 11.8. The SMILES string of the molecule is CCCOCOc1ccccc1C(=O)OC. The number of para-hydroxylation sites is 1. The first-order valence-electron chi connectivity index (χ1n) is 5.17. The molecule has 4 nitrogen and oxygen atoms in total. The second-order valence-corrected chi connectivity index (χ2v) is 3.16. The molecule has 0 aliphatic heterocycles. The Hall–Kier alpha value is -1.55. The summed E-state index contributed by atoms with van der Waals surface area (Å²) in [5.41, 5.74) is 0.407. The lowest BCUT2D eigenvalue weighted by Gasteiger charge is -2.09. The minimum absolute atomic E-state index is 0.141. The molecule has 4 heteroatoms. The molecule has 0 radical (unpaired) electrons. The van der Waals surface area contributed by atoms with Crippen molar-refractivity contribution in [2.24, 2.45) is 0 Å². The van der Waals surface area contributed by atoms with E-state index in [-0.39, 0.29) is 6.79 Å². The molecule has 0 saturated heterocycles. The van der Waals surface area contributed by atoms with E-state index in [1.165, 1.54) is 7.11 Å². The number of hydrogen-bond acceptors (Lipinski definition) is 4. The molecule has 0 N–H and O–H groups in total. The fourth-order valence-electron chi connectivity index (χ4n) is 1.18. The Morgan fingerprint density at radius 1 is 1.31 bits per heavy atom. The van der Waals surface area contributed by atoms with Crippen LogP contribution in [-0.2, 0) is 9.47 Å². The Morgan fingerprint density at radius 3 is 2.75 bits per heavy atom. The lowest BCUT2D eigenvalue weighted by molar-refractivity contribution is 0.0145. The Labute approximate surface area is 95.1 Å². The van der Waals surface area contributed by atoms with E-state index in [1.807, 2.05) is 6.92 Å². The van der Waals surface area contributed by atoms with Crippen LogP contribution in [-0.4, -0.2) is 26.5 Å². The van der Waals surface area contributed by atoms with Crippen LogP contribution in [0.15, 0.2) is 24.3 Å². The molecule has 0 atom stereocenters. The van der Waals surface area contributed by atoms with Crippen LogP contribution in [0.4, 0.5) is 0 Å². The highest BCUT2D eigenvalue weighted by molar-refractivity contribution is 5.92. The number of esters is 1. The maximum atomic E-state index is 11.4. The third kappa shape index (κ3) is 3.55. The highest BCUT2D eigenvalue weighted by atomic mass is 16.7. The van der Waals surface area contributed by atoms with Crippen LogP contribution in [0.25, 0.3) is 0 Å². The van der Waals surface area contributed by atoms with Crippen LogP contribution in [0.2, 0.25) is 0 Å². The highest BCUT2D eigenvalue weighted by Gasteiger charge is 2.11. The molecule has 0 aliphatic rings. The molecule has 1 aromatic rings. The van der Waals surface area contributed by atoms with Crippen LogP contribution in [0.5, 0.6) is 5.75 Å². The number of carbonyl (C=O) groups excluding carboxylic acids is 1. The molecule has 0 amide bonds. The smallest absolute Gasteiger partial charge is 0.341 e. The van der Waals surface area contributed by atoms with Gasteiger partial charge in [-0.25, -0.2) is 4.79 Å². The number of carbonyl (C=O) groups is 1. The van der Waals surface area contributed by atoms with Crippen LogP contribution in [0.1, 0.15) is 23.7 Å². The van der Waals surface area contributed by atoms with Gasteiger partial charge in [0, 0.05) is 0 Å². The molecule has 1 aromatic carbocycles. The van der Waals surface area contributed by atoms with Gasteiger partial charge < -0.3 is 14.2 Å². The van der Waals surface area contributed by atoms with E-state index in [0.29, 0.717) is 17.9 Å². The van der Waals surface area contributed by atoms with Crippen molar-refractivity contribution in [3.63, 3.8) is 0 Å². The van der Waals surface area contributed by atoms with Crippen LogP contribution >= 0.6 is 0 Å². The summed E-state index contributed by atoms with van der Waals surface area (Å²) in [4.78, 5) is 11.4. The number of methoxy groups -OCH3 is 1. The Bertz CT molecular complexity index is 336. The van der Waals surface area contributed by atoms with Gasteiger partial charge in [-0.1, -0.05) is 19.1 Å². The van der Waals surface area contributed by atoms with Crippen LogP contribution in [0.3, 0.4) is 0 Å². The molecule has 0 spiro atoms. The molecule has 0 unspecified atom stereocenters. The first kappa shape index (κ1) is 12.5. The van der Waals surface area contributed by atoms with Gasteiger partial charge in [-0.05, 0) is 18.6 Å². The normalized spacial score (nSPS) is 9.88. The second-order valence-electron chi connectivity index (χ2n) is 3.16. The van der Waals surface area contributed by atoms with Crippen molar-refractivity contribution in [2.45, 2.75) is 13.3 Å². The number of hydrogen-bond donors (Lipinski definition) is 0. The van der Waals surface area contributed by atoms with Gasteiger partial charge in [-0.2, -0.15) is 0 Å². The Balaban J connectivity index is 2.60. The zero-order valence-electron chi connectivity index (χ0n) is 9.56. The standard InChI is InChI=1S/C12H16O4/c1-3-8-15-9-16-11-7-5-4-6-10(11)12(13)14-2/h4-7H,3,8-9H2,1-2H3.